The van der Waals surface area contributed by atoms with Crippen LogP contribution in [0.1, 0.15) is 77.6 Å². The third kappa shape index (κ3) is 7.86. The summed E-state index contributed by atoms with van der Waals surface area (Å²) in [7, 11) is 0. The molecule has 1 rings (SSSR count). The van der Waals surface area contributed by atoms with Crippen molar-refractivity contribution in [1.82, 2.24) is 5.32 Å². The maximum atomic E-state index is 11.7. The van der Waals surface area contributed by atoms with Crippen molar-refractivity contribution >= 4 is 18.5 Å². The van der Waals surface area contributed by atoms with E-state index < -0.39 is 0 Å². The molecule has 2 nitrogen and oxygen atoms in total. The van der Waals surface area contributed by atoms with Gasteiger partial charge in [-0.05, 0) is 30.4 Å². The van der Waals surface area contributed by atoms with E-state index >= 15 is 0 Å². The van der Waals surface area contributed by atoms with Crippen molar-refractivity contribution in [2.45, 2.75) is 77.6 Å². The molecule has 0 unspecified atom stereocenters. The predicted molar refractivity (Wildman–Crippen MR) is 85.8 cm³/mol. The summed E-state index contributed by atoms with van der Waals surface area (Å²) in [5.74, 6) is 1.09. The second kappa shape index (κ2) is 9.68. The normalized spacial score (nSPS) is 16.3. The highest BCUT2D eigenvalue weighted by Gasteiger charge is 2.42. The van der Waals surface area contributed by atoms with Crippen LogP contribution in [0.4, 0.5) is 0 Å². The van der Waals surface area contributed by atoms with Gasteiger partial charge in [0.1, 0.15) is 0 Å². The molecule has 1 fully saturated rings. The molecule has 0 radical (unpaired) electrons. The van der Waals surface area contributed by atoms with E-state index in [-0.39, 0.29) is 11.3 Å². The summed E-state index contributed by atoms with van der Waals surface area (Å²) in [6.07, 6.45) is 13.6. The van der Waals surface area contributed by atoms with Crippen LogP contribution < -0.4 is 5.32 Å². The summed E-state index contributed by atoms with van der Waals surface area (Å²) in [6.45, 7) is 3.11. The summed E-state index contributed by atoms with van der Waals surface area (Å²) in [6, 6.07) is 0. The van der Waals surface area contributed by atoms with Gasteiger partial charge in [0.15, 0.2) is 0 Å². The maximum Gasteiger partial charge on any atom is 0.220 e. The molecule has 1 N–H and O–H groups in total. The van der Waals surface area contributed by atoms with Crippen LogP contribution in [-0.2, 0) is 4.79 Å². The van der Waals surface area contributed by atoms with Crippen molar-refractivity contribution in [3.63, 3.8) is 0 Å². The Balaban J connectivity index is 1.84. The minimum absolute atomic E-state index is 0.231. The summed E-state index contributed by atoms with van der Waals surface area (Å²) in [5.41, 5.74) is 0.256. The molecule has 19 heavy (non-hydrogen) atoms. The van der Waals surface area contributed by atoms with Gasteiger partial charge in [-0.1, -0.05) is 51.9 Å². The number of thiol groups is 1. The smallest absolute Gasteiger partial charge is 0.220 e. The molecule has 3 heteroatoms. The Bertz CT molecular complexity index is 251. The monoisotopic (exact) mass is 285 g/mol. The van der Waals surface area contributed by atoms with E-state index in [1.807, 2.05) is 0 Å². The fourth-order valence-electron chi connectivity index (χ4n) is 2.46. The van der Waals surface area contributed by atoms with Crippen molar-refractivity contribution in [3.8, 4) is 0 Å². The Morgan fingerprint density at radius 1 is 1.05 bits per heavy atom. The first-order valence-corrected chi connectivity index (χ1v) is 8.73. The zero-order valence-corrected chi connectivity index (χ0v) is 13.4. The van der Waals surface area contributed by atoms with Gasteiger partial charge in [-0.25, -0.2) is 0 Å². The van der Waals surface area contributed by atoms with Crippen molar-refractivity contribution in [2.75, 3.05) is 12.3 Å². The van der Waals surface area contributed by atoms with Crippen molar-refractivity contribution in [1.29, 1.82) is 0 Å². The van der Waals surface area contributed by atoms with E-state index in [1.165, 1.54) is 57.8 Å². The third-order valence-corrected chi connectivity index (χ3v) is 4.85. The molecule has 1 amide bonds. The molecule has 0 spiro atoms. The number of unbranched alkanes of at least 4 members (excludes halogenated alkanes) is 7. The number of rotatable bonds is 12. The first-order chi connectivity index (χ1) is 9.22. The first-order valence-electron chi connectivity index (χ1n) is 8.10. The van der Waals surface area contributed by atoms with Crippen molar-refractivity contribution in [3.05, 3.63) is 0 Å². The number of hydrogen-bond acceptors (Lipinski definition) is 2. The van der Waals surface area contributed by atoms with Crippen LogP contribution >= 0.6 is 12.6 Å². The quantitative estimate of drug-likeness (QED) is 0.405. The van der Waals surface area contributed by atoms with Crippen LogP contribution in [0.3, 0.4) is 0 Å². The van der Waals surface area contributed by atoms with Gasteiger partial charge in [-0.15, -0.1) is 0 Å². The lowest BCUT2D eigenvalue weighted by Gasteiger charge is -2.11. The van der Waals surface area contributed by atoms with E-state index in [9.17, 15) is 4.79 Å². The van der Waals surface area contributed by atoms with Gasteiger partial charge in [0.05, 0.1) is 0 Å². The lowest BCUT2D eigenvalue weighted by atomic mass is 10.1. The lowest BCUT2D eigenvalue weighted by molar-refractivity contribution is -0.122. The molecule has 0 atom stereocenters. The van der Waals surface area contributed by atoms with Crippen molar-refractivity contribution in [2.24, 2.45) is 5.41 Å². The minimum atomic E-state index is 0.231. The van der Waals surface area contributed by atoms with E-state index in [4.69, 9.17) is 0 Å². The van der Waals surface area contributed by atoms with Gasteiger partial charge in [0, 0.05) is 13.0 Å². The molecule has 0 aliphatic heterocycles. The summed E-state index contributed by atoms with van der Waals surface area (Å²) in [4.78, 5) is 11.7. The molecule has 0 saturated heterocycles. The molecule has 1 aliphatic carbocycles. The average Bonchev–Trinajstić information content (AvgIpc) is 3.17. The minimum Gasteiger partial charge on any atom is -0.356 e. The second-order valence-corrected chi connectivity index (χ2v) is 6.48. The number of hydrogen-bond donors (Lipinski definition) is 2. The predicted octanol–water partition coefficient (Wildman–Crippen LogP) is 4.34. The van der Waals surface area contributed by atoms with Gasteiger partial charge in [0.25, 0.3) is 0 Å². The van der Waals surface area contributed by atoms with E-state index in [1.54, 1.807) is 0 Å². The highest BCUT2D eigenvalue weighted by molar-refractivity contribution is 7.80. The fourth-order valence-corrected chi connectivity index (χ4v) is 2.89. The number of carbonyl (C=O) groups is 1. The van der Waals surface area contributed by atoms with Crippen LogP contribution in [0.5, 0.6) is 0 Å². The molecular formula is C16H31NOS. The molecule has 0 bridgehead atoms. The topological polar surface area (TPSA) is 29.1 Å². The van der Waals surface area contributed by atoms with Gasteiger partial charge >= 0.3 is 0 Å². The molecule has 0 aromatic heterocycles. The molecule has 0 aromatic carbocycles. The van der Waals surface area contributed by atoms with Crippen LogP contribution in [0, 0.1) is 5.41 Å². The number of nitrogens with one attached hydrogen (secondary N) is 1. The first kappa shape index (κ1) is 16.9. The average molecular weight is 285 g/mol. The SMILES string of the molecule is CCCCCCCCCCNC(=O)CC1(CS)CC1. The van der Waals surface area contributed by atoms with Crippen LogP contribution in [0.25, 0.3) is 0 Å². The van der Waals surface area contributed by atoms with Crippen LogP contribution in [-0.4, -0.2) is 18.2 Å². The Morgan fingerprint density at radius 2 is 1.63 bits per heavy atom. The Hall–Kier alpha value is -0.180. The summed E-state index contributed by atoms with van der Waals surface area (Å²) < 4.78 is 0. The molecule has 1 saturated carbocycles. The zero-order chi connectivity index (χ0) is 14.0. The number of carbonyl (C=O) groups excluding carboxylic acids is 1. The largest absolute Gasteiger partial charge is 0.356 e. The maximum absolute atomic E-state index is 11.7. The summed E-state index contributed by atoms with van der Waals surface area (Å²) >= 11 is 4.33. The molecular weight excluding hydrogens is 254 g/mol. The van der Waals surface area contributed by atoms with Crippen LogP contribution in [0.2, 0.25) is 0 Å². The highest BCUT2D eigenvalue weighted by Crippen LogP contribution is 2.49. The van der Waals surface area contributed by atoms with E-state index in [2.05, 4.69) is 24.9 Å². The highest BCUT2D eigenvalue weighted by atomic mass is 32.1. The second-order valence-electron chi connectivity index (χ2n) is 6.16. The zero-order valence-electron chi connectivity index (χ0n) is 12.5. The lowest BCUT2D eigenvalue weighted by Crippen LogP contribution is -2.27. The third-order valence-electron chi connectivity index (χ3n) is 4.18. The van der Waals surface area contributed by atoms with E-state index in [0.29, 0.717) is 6.42 Å². The van der Waals surface area contributed by atoms with Gasteiger partial charge in [0.2, 0.25) is 5.91 Å². The fraction of sp³-hybridized carbons (Fsp3) is 0.938. The molecule has 0 aromatic rings. The molecule has 112 valence electrons. The van der Waals surface area contributed by atoms with Gasteiger partial charge in [-0.2, -0.15) is 12.6 Å². The Morgan fingerprint density at radius 3 is 2.16 bits per heavy atom. The molecule has 1 aliphatic rings. The summed E-state index contributed by atoms with van der Waals surface area (Å²) in [5, 5.41) is 3.05. The Kier molecular flexibility index (Phi) is 8.60. The standard InChI is InChI=1S/C16H31NOS/c1-2-3-4-5-6-7-8-9-12-17-15(18)13-16(14-19)10-11-16/h19H,2-14H2,1H3,(H,17,18). The molecule has 0 heterocycles. The Labute approximate surface area is 124 Å². The number of amides is 1. The van der Waals surface area contributed by atoms with Crippen molar-refractivity contribution < 1.29 is 4.79 Å². The van der Waals surface area contributed by atoms with Gasteiger partial charge < -0.3 is 5.32 Å². The van der Waals surface area contributed by atoms with Gasteiger partial charge in [-0.3, -0.25) is 4.79 Å². The van der Waals surface area contributed by atoms with Crippen LogP contribution in [0.15, 0.2) is 0 Å². The van der Waals surface area contributed by atoms with E-state index in [0.717, 1.165) is 18.7 Å².